The van der Waals surface area contributed by atoms with E-state index < -0.39 is 14.9 Å². The van der Waals surface area contributed by atoms with E-state index in [1.165, 1.54) is 16.4 Å². The predicted octanol–water partition coefficient (Wildman–Crippen LogP) is 2.95. The Morgan fingerprint density at radius 1 is 1.14 bits per heavy atom. The predicted molar refractivity (Wildman–Crippen MR) is 90.5 cm³/mol. The number of fused-ring (bicyclic) bond motifs is 1. The van der Waals surface area contributed by atoms with Gasteiger partial charge in [-0.15, -0.1) is 0 Å². The van der Waals surface area contributed by atoms with Crippen LogP contribution in [0.4, 0.5) is 11.4 Å². The monoisotopic (exact) mass is 430 g/mol. The molecular formula is C14H11IN2O4S. The molecule has 0 bridgehead atoms. The van der Waals surface area contributed by atoms with Crippen molar-refractivity contribution in [2.45, 2.75) is 11.3 Å². The Hall–Kier alpha value is -1.68. The van der Waals surface area contributed by atoms with E-state index in [9.17, 15) is 18.5 Å². The number of anilines is 1. The third-order valence-corrected chi connectivity index (χ3v) is 6.08. The van der Waals surface area contributed by atoms with Gasteiger partial charge in [0.25, 0.3) is 15.7 Å². The number of nitro groups is 1. The lowest BCUT2D eigenvalue weighted by atomic mass is 10.1. The molecule has 0 unspecified atom stereocenters. The zero-order valence-corrected chi connectivity index (χ0v) is 14.2. The normalized spacial score (nSPS) is 14.0. The highest BCUT2D eigenvalue weighted by molar-refractivity contribution is 14.1. The molecule has 0 saturated carbocycles. The van der Waals surface area contributed by atoms with Crippen molar-refractivity contribution in [1.82, 2.24) is 0 Å². The SMILES string of the molecule is O=[N+]([O-])c1ccc2c(c1)N(S(=O)(=O)c1ccc(I)cc1)CC2. The van der Waals surface area contributed by atoms with Crippen molar-refractivity contribution < 1.29 is 13.3 Å². The van der Waals surface area contributed by atoms with Crippen LogP contribution >= 0.6 is 22.6 Å². The molecule has 114 valence electrons. The van der Waals surface area contributed by atoms with Gasteiger partial charge in [-0.1, -0.05) is 6.07 Å². The van der Waals surface area contributed by atoms with Crippen LogP contribution in [0.25, 0.3) is 0 Å². The third kappa shape index (κ3) is 2.56. The molecule has 1 aliphatic heterocycles. The molecular weight excluding hydrogens is 419 g/mol. The molecule has 6 nitrogen and oxygen atoms in total. The number of hydrogen-bond acceptors (Lipinski definition) is 4. The summed E-state index contributed by atoms with van der Waals surface area (Å²) in [5.74, 6) is 0. The van der Waals surface area contributed by atoms with E-state index in [1.54, 1.807) is 30.3 Å². The summed E-state index contributed by atoms with van der Waals surface area (Å²) in [7, 11) is -3.70. The van der Waals surface area contributed by atoms with E-state index in [2.05, 4.69) is 22.6 Å². The summed E-state index contributed by atoms with van der Waals surface area (Å²) in [6.45, 7) is 0.296. The molecule has 1 aliphatic rings. The minimum absolute atomic E-state index is 0.108. The van der Waals surface area contributed by atoms with Crippen molar-refractivity contribution in [3.63, 3.8) is 0 Å². The first-order valence-electron chi connectivity index (χ1n) is 6.45. The number of non-ortho nitro benzene ring substituents is 1. The van der Waals surface area contributed by atoms with Gasteiger partial charge in [0, 0.05) is 22.2 Å². The fourth-order valence-corrected chi connectivity index (χ4v) is 4.29. The molecule has 0 N–H and O–H groups in total. The Labute approximate surface area is 141 Å². The van der Waals surface area contributed by atoms with Gasteiger partial charge in [-0.2, -0.15) is 0 Å². The summed E-state index contributed by atoms with van der Waals surface area (Å²) in [5.41, 5.74) is 1.09. The molecule has 0 radical (unpaired) electrons. The van der Waals surface area contributed by atoms with Crippen molar-refractivity contribution in [3.05, 3.63) is 61.7 Å². The summed E-state index contributed by atoms with van der Waals surface area (Å²) in [6.07, 6.45) is 0.553. The van der Waals surface area contributed by atoms with Gasteiger partial charge in [-0.05, 0) is 58.8 Å². The van der Waals surface area contributed by atoms with E-state index in [4.69, 9.17) is 0 Å². The number of benzene rings is 2. The van der Waals surface area contributed by atoms with Crippen LogP contribution < -0.4 is 4.31 Å². The van der Waals surface area contributed by atoms with E-state index in [1.807, 2.05) is 0 Å². The second-order valence-electron chi connectivity index (χ2n) is 4.85. The van der Waals surface area contributed by atoms with Gasteiger partial charge in [0.05, 0.1) is 15.5 Å². The Morgan fingerprint density at radius 3 is 2.45 bits per heavy atom. The quantitative estimate of drug-likeness (QED) is 0.426. The van der Waals surface area contributed by atoms with Gasteiger partial charge >= 0.3 is 0 Å². The highest BCUT2D eigenvalue weighted by Gasteiger charge is 2.32. The lowest BCUT2D eigenvalue weighted by molar-refractivity contribution is -0.384. The molecule has 0 aromatic heterocycles. The fourth-order valence-electron chi connectivity index (χ4n) is 2.44. The molecule has 0 amide bonds. The number of nitro benzene ring substituents is 1. The first-order chi connectivity index (χ1) is 10.4. The highest BCUT2D eigenvalue weighted by Crippen LogP contribution is 2.35. The smallest absolute Gasteiger partial charge is 0.265 e. The molecule has 0 saturated heterocycles. The van der Waals surface area contributed by atoms with Gasteiger partial charge in [-0.25, -0.2) is 8.42 Å². The molecule has 2 aromatic rings. The zero-order valence-electron chi connectivity index (χ0n) is 11.3. The van der Waals surface area contributed by atoms with Crippen LogP contribution in [0.3, 0.4) is 0 Å². The second kappa shape index (κ2) is 5.51. The van der Waals surface area contributed by atoms with Crippen LogP contribution in [0.15, 0.2) is 47.4 Å². The van der Waals surface area contributed by atoms with Crippen molar-refractivity contribution in [2.24, 2.45) is 0 Å². The van der Waals surface area contributed by atoms with Gasteiger partial charge in [0.2, 0.25) is 0 Å². The van der Waals surface area contributed by atoms with Crippen molar-refractivity contribution in [3.8, 4) is 0 Å². The fraction of sp³-hybridized carbons (Fsp3) is 0.143. The molecule has 0 spiro atoms. The number of hydrogen-bond donors (Lipinski definition) is 0. The first-order valence-corrected chi connectivity index (χ1v) is 8.97. The Kier molecular flexibility index (Phi) is 3.81. The number of nitrogens with zero attached hydrogens (tertiary/aromatic N) is 2. The van der Waals surface area contributed by atoms with E-state index in [0.29, 0.717) is 18.7 Å². The average molecular weight is 430 g/mol. The average Bonchev–Trinajstić information content (AvgIpc) is 2.91. The number of sulfonamides is 1. The summed E-state index contributed by atoms with van der Waals surface area (Å²) in [4.78, 5) is 10.6. The van der Waals surface area contributed by atoms with Crippen LogP contribution in [0.1, 0.15) is 5.56 Å². The maximum absolute atomic E-state index is 12.7. The zero-order chi connectivity index (χ0) is 15.9. The second-order valence-corrected chi connectivity index (χ2v) is 7.96. The molecule has 8 heteroatoms. The van der Waals surface area contributed by atoms with E-state index in [0.717, 1.165) is 9.13 Å². The van der Waals surface area contributed by atoms with Crippen LogP contribution in [-0.4, -0.2) is 19.9 Å². The van der Waals surface area contributed by atoms with Crippen LogP contribution in [0.2, 0.25) is 0 Å². The number of rotatable bonds is 3. The molecule has 0 atom stereocenters. The Morgan fingerprint density at radius 2 is 1.82 bits per heavy atom. The summed E-state index contributed by atoms with van der Waals surface area (Å²) in [6, 6.07) is 10.9. The van der Waals surface area contributed by atoms with Crippen molar-refractivity contribution in [2.75, 3.05) is 10.8 Å². The topological polar surface area (TPSA) is 80.5 Å². The minimum Gasteiger partial charge on any atom is -0.265 e. The van der Waals surface area contributed by atoms with E-state index in [-0.39, 0.29) is 10.6 Å². The van der Waals surface area contributed by atoms with Crippen molar-refractivity contribution >= 4 is 44.0 Å². The first kappa shape index (κ1) is 15.2. The van der Waals surface area contributed by atoms with Crippen LogP contribution in [-0.2, 0) is 16.4 Å². The molecule has 0 fully saturated rings. The van der Waals surface area contributed by atoms with Crippen LogP contribution in [0.5, 0.6) is 0 Å². The highest BCUT2D eigenvalue weighted by atomic mass is 127. The standard InChI is InChI=1S/C14H11IN2O4S/c15-11-2-5-13(6-3-11)22(20,21)16-8-7-10-1-4-12(17(18)19)9-14(10)16/h1-6,9H,7-8H2. The lowest BCUT2D eigenvalue weighted by Gasteiger charge is -2.19. The molecule has 1 heterocycles. The summed E-state index contributed by atoms with van der Waals surface area (Å²) in [5, 5.41) is 10.9. The molecule has 2 aromatic carbocycles. The van der Waals surface area contributed by atoms with Gasteiger partial charge in [0.15, 0.2) is 0 Å². The Bertz CT molecular complexity index is 850. The maximum Gasteiger partial charge on any atom is 0.271 e. The molecule has 3 rings (SSSR count). The number of halogens is 1. The minimum atomic E-state index is -3.70. The molecule has 0 aliphatic carbocycles. The molecule has 22 heavy (non-hydrogen) atoms. The third-order valence-electron chi connectivity index (χ3n) is 3.53. The maximum atomic E-state index is 12.7. The van der Waals surface area contributed by atoms with Gasteiger partial charge in [-0.3, -0.25) is 14.4 Å². The Balaban J connectivity index is 2.06. The largest absolute Gasteiger partial charge is 0.271 e. The van der Waals surface area contributed by atoms with E-state index >= 15 is 0 Å². The van der Waals surface area contributed by atoms with Gasteiger partial charge in [0.1, 0.15) is 0 Å². The van der Waals surface area contributed by atoms with Crippen molar-refractivity contribution in [1.29, 1.82) is 0 Å². The van der Waals surface area contributed by atoms with Crippen LogP contribution in [0, 0.1) is 13.7 Å². The lowest BCUT2D eigenvalue weighted by Crippen LogP contribution is -2.29. The summed E-state index contributed by atoms with van der Waals surface area (Å²) >= 11 is 2.10. The summed E-state index contributed by atoms with van der Waals surface area (Å²) < 4.78 is 27.7. The van der Waals surface area contributed by atoms with Gasteiger partial charge < -0.3 is 0 Å².